The van der Waals surface area contributed by atoms with Crippen molar-refractivity contribution in [2.75, 3.05) is 5.32 Å². The van der Waals surface area contributed by atoms with Gasteiger partial charge in [0.2, 0.25) is 11.8 Å². The minimum Gasteiger partial charge on any atom is -0.474 e. The third-order valence-corrected chi connectivity index (χ3v) is 5.98. The third kappa shape index (κ3) is 4.73. The number of aromatic nitrogens is 3. The Morgan fingerprint density at radius 3 is 2.65 bits per heavy atom. The van der Waals surface area contributed by atoms with Crippen LogP contribution in [0.5, 0.6) is 5.88 Å². The first-order valence-electron chi connectivity index (χ1n) is 10.9. The molecule has 6 nitrogen and oxygen atoms in total. The van der Waals surface area contributed by atoms with Gasteiger partial charge >= 0.3 is 6.18 Å². The molecule has 5 rings (SSSR count). The van der Waals surface area contributed by atoms with Crippen molar-refractivity contribution < 1.29 is 22.7 Å². The topological polar surface area (TPSA) is 79.9 Å². The van der Waals surface area contributed by atoms with Crippen molar-refractivity contribution in [2.24, 2.45) is 0 Å². The molecule has 1 fully saturated rings. The molecule has 9 heteroatoms. The lowest BCUT2D eigenvalue weighted by Gasteiger charge is -2.34. The fourth-order valence-electron chi connectivity index (χ4n) is 4.12. The summed E-state index contributed by atoms with van der Waals surface area (Å²) in [6.07, 6.45) is -2.20. The number of hydrogen-bond donors (Lipinski definition) is 2. The van der Waals surface area contributed by atoms with E-state index in [0.717, 1.165) is 34.3 Å². The summed E-state index contributed by atoms with van der Waals surface area (Å²) >= 11 is 0. The summed E-state index contributed by atoms with van der Waals surface area (Å²) in [5.41, 5.74) is 1.02. The number of carbonyl (C=O) groups is 1. The molecule has 0 aliphatic heterocycles. The number of aromatic amines is 1. The van der Waals surface area contributed by atoms with Crippen molar-refractivity contribution in [1.82, 2.24) is 15.2 Å². The van der Waals surface area contributed by atoms with Crippen molar-refractivity contribution in [3.05, 3.63) is 83.7 Å². The SMILES string of the molecule is O=C(Cc1cccc2ccccc12)Nc1cc(C2CC(Oc3ccc(C(F)(F)F)cn3)C2)[nH]n1. The van der Waals surface area contributed by atoms with Crippen molar-refractivity contribution >= 4 is 22.5 Å². The van der Waals surface area contributed by atoms with Crippen molar-refractivity contribution in [3.8, 4) is 5.88 Å². The third-order valence-electron chi connectivity index (χ3n) is 5.98. The molecule has 4 aromatic rings. The zero-order valence-electron chi connectivity index (χ0n) is 18.0. The van der Waals surface area contributed by atoms with E-state index in [4.69, 9.17) is 4.74 Å². The van der Waals surface area contributed by atoms with Gasteiger partial charge in [-0.25, -0.2) is 4.98 Å². The second kappa shape index (κ2) is 8.81. The average molecular weight is 466 g/mol. The zero-order valence-corrected chi connectivity index (χ0v) is 18.0. The van der Waals surface area contributed by atoms with E-state index in [1.807, 2.05) is 42.5 Å². The molecule has 2 aromatic heterocycles. The summed E-state index contributed by atoms with van der Waals surface area (Å²) < 4.78 is 43.6. The van der Waals surface area contributed by atoms with Gasteiger partial charge in [-0.15, -0.1) is 0 Å². The molecule has 1 saturated carbocycles. The number of alkyl halides is 3. The van der Waals surface area contributed by atoms with Crippen molar-refractivity contribution in [3.63, 3.8) is 0 Å². The first-order valence-corrected chi connectivity index (χ1v) is 10.9. The van der Waals surface area contributed by atoms with Gasteiger partial charge in [0, 0.05) is 29.9 Å². The van der Waals surface area contributed by atoms with E-state index < -0.39 is 11.7 Å². The Morgan fingerprint density at radius 1 is 1.09 bits per heavy atom. The minimum atomic E-state index is -4.42. The normalized spacial score (nSPS) is 17.9. The van der Waals surface area contributed by atoms with Crippen LogP contribution in [0.1, 0.15) is 35.6 Å². The molecule has 0 radical (unpaired) electrons. The molecule has 34 heavy (non-hydrogen) atoms. The van der Waals surface area contributed by atoms with E-state index in [1.165, 1.54) is 6.07 Å². The summed E-state index contributed by atoms with van der Waals surface area (Å²) in [5, 5.41) is 12.1. The van der Waals surface area contributed by atoms with Gasteiger partial charge in [-0.3, -0.25) is 9.89 Å². The molecule has 2 heterocycles. The minimum absolute atomic E-state index is 0.137. The molecule has 2 aromatic carbocycles. The van der Waals surface area contributed by atoms with Crippen LogP contribution in [0.15, 0.2) is 66.9 Å². The summed E-state index contributed by atoms with van der Waals surface area (Å²) in [7, 11) is 0. The van der Waals surface area contributed by atoms with Gasteiger partial charge < -0.3 is 10.1 Å². The fraction of sp³-hybridized carbons (Fsp3) is 0.240. The van der Waals surface area contributed by atoms with Gasteiger partial charge in [0.05, 0.1) is 12.0 Å². The van der Waals surface area contributed by atoms with Crippen LogP contribution >= 0.6 is 0 Å². The Balaban J connectivity index is 1.13. The van der Waals surface area contributed by atoms with Gasteiger partial charge in [-0.05, 0) is 35.2 Å². The number of benzene rings is 2. The highest BCUT2D eigenvalue weighted by molar-refractivity contribution is 5.95. The number of amides is 1. The smallest absolute Gasteiger partial charge is 0.417 e. The summed E-state index contributed by atoms with van der Waals surface area (Å²) in [6.45, 7) is 0. The molecule has 0 atom stereocenters. The van der Waals surface area contributed by atoms with Crippen LogP contribution < -0.4 is 10.1 Å². The van der Waals surface area contributed by atoms with Crippen LogP contribution in [-0.4, -0.2) is 27.2 Å². The highest BCUT2D eigenvalue weighted by Crippen LogP contribution is 2.39. The summed E-state index contributed by atoms with van der Waals surface area (Å²) in [6, 6.07) is 17.8. The molecule has 2 N–H and O–H groups in total. The number of halogens is 3. The maximum Gasteiger partial charge on any atom is 0.417 e. The number of nitrogens with one attached hydrogen (secondary N) is 2. The Bertz CT molecular complexity index is 1310. The lowest BCUT2D eigenvalue weighted by Crippen LogP contribution is -2.32. The van der Waals surface area contributed by atoms with Crippen LogP contribution in [0.3, 0.4) is 0 Å². The number of rotatable bonds is 6. The molecular formula is C25H21F3N4O2. The molecule has 1 amide bonds. The van der Waals surface area contributed by atoms with Crippen molar-refractivity contribution in [1.29, 1.82) is 0 Å². The highest BCUT2D eigenvalue weighted by Gasteiger charge is 2.34. The Labute approximate surface area is 193 Å². The van der Waals surface area contributed by atoms with Gasteiger partial charge in [0.25, 0.3) is 0 Å². The molecule has 0 spiro atoms. The maximum absolute atomic E-state index is 12.6. The summed E-state index contributed by atoms with van der Waals surface area (Å²) in [5.74, 6) is 0.629. The number of pyridine rings is 1. The quantitative estimate of drug-likeness (QED) is 0.394. The lowest BCUT2D eigenvalue weighted by atomic mass is 9.80. The van der Waals surface area contributed by atoms with Gasteiger partial charge in [-0.2, -0.15) is 18.3 Å². The largest absolute Gasteiger partial charge is 0.474 e. The Hall–Kier alpha value is -3.88. The molecule has 1 aliphatic carbocycles. The Morgan fingerprint density at radius 2 is 1.88 bits per heavy atom. The molecule has 174 valence electrons. The number of ether oxygens (including phenoxy) is 1. The first-order chi connectivity index (χ1) is 16.3. The number of hydrogen-bond acceptors (Lipinski definition) is 4. The van der Waals surface area contributed by atoms with Gasteiger partial charge in [0.15, 0.2) is 5.82 Å². The van der Waals surface area contributed by atoms with Gasteiger partial charge in [-0.1, -0.05) is 42.5 Å². The molecule has 1 aliphatic rings. The predicted octanol–water partition coefficient (Wildman–Crippen LogP) is 5.48. The number of fused-ring (bicyclic) bond motifs is 1. The standard InChI is InChI=1S/C25H21F3N4O2/c26-25(27,28)18-8-9-24(29-14-18)34-19-10-17(11-19)21-13-22(32-31-21)30-23(33)12-16-6-3-5-15-4-1-2-7-20(15)16/h1-9,13-14,17,19H,10-12H2,(H2,30,31,32,33). The van der Waals surface area contributed by atoms with Crippen LogP contribution in [0.4, 0.5) is 19.0 Å². The Kier molecular flexibility index (Phi) is 5.69. The maximum atomic E-state index is 12.6. The number of nitrogens with zero attached hydrogens (tertiary/aromatic N) is 2. The fourth-order valence-corrected chi connectivity index (χ4v) is 4.12. The van der Waals surface area contributed by atoms with E-state index in [9.17, 15) is 18.0 Å². The van der Waals surface area contributed by atoms with E-state index in [-0.39, 0.29) is 30.2 Å². The van der Waals surface area contributed by atoms with Gasteiger partial charge in [0.1, 0.15) is 6.10 Å². The summed E-state index contributed by atoms with van der Waals surface area (Å²) in [4.78, 5) is 16.3. The monoisotopic (exact) mass is 466 g/mol. The van der Waals surface area contributed by atoms with Crippen LogP contribution in [0, 0.1) is 0 Å². The van der Waals surface area contributed by atoms with Crippen LogP contribution in [0.2, 0.25) is 0 Å². The van der Waals surface area contributed by atoms with Crippen molar-refractivity contribution in [2.45, 2.75) is 37.5 Å². The van der Waals surface area contributed by atoms with E-state index >= 15 is 0 Å². The number of H-pyrrole nitrogens is 1. The van der Waals surface area contributed by atoms with Crippen LogP contribution in [-0.2, 0) is 17.4 Å². The first kappa shape index (κ1) is 21.9. The molecular weight excluding hydrogens is 445 g/mol. The average Bonchev–Trinajstić information content (AvgIpc) is 3.23. The molecule has 0 bridgehead atoms. The molecule has 0 unspecified atom stereocenters. The molecule has 0 saturated heterocycles. The van der Waals surface area contributed by atoms with Crippen LogP contribution in [0.25, 0.3) is 10.8 Å². The number of anilines is 1. The highest BCUT2D eigenvalue weighted by atomic mass is 19.4. The van der Waals surface area contributed by atoms with E-state index in [2.05, 4.69) is 20.5 Å². The lowest BCUT2D eigenvalue weighted by molar-refractivity contribution is -0.137. The predicted molar refractivity (Wildman–Crippen MR) is 120 cm³/mol. The second-order valence-corrected chi connectivity index (χ2v) is 8.36. The second-order valence-electron chi connectivity index (χ2n) is 8.36. The van der Waals surface area contributed by atoms with E-state index in [0.29, 0.717) is 18.7 Å². The number of carbonyl (C=O) groups excluding carboxylic acids is 1. The van der Waals surface area contributed by atoms with E-state index in [1.54, 1.807) is 6.07 Å². The zero-order chi connectivity index (χ0) is 23.7.